The van der Waals surface area contributed by atoms with Crippen molar-refractivity contribution < 1.29 is 14.6 Å². The molecule has 16 heavy (non-hydrogen) atoms. The van der Waals surface area contributed by atoms with Gasteiger partial charge in [-0.3, -0.25) is 4.79 Å². The largest absolute Gasteiger partial charge is 0.480 e. The van der Waals surface area contributed by atoms with Crippen molar-refractivity contribution in [1.29, 1.82) is 0 Å². The van der Waals surface area contributed by atoms with Crippen LogP contribution in [0, 0.1) is 0 Å². The summed E-state index contributed by atoms with van der Waals surface area (Å²) < 4.78 is 5.25. The number of ether oxygens (including phenoxy) is 1. The summed E-state index contributed by atoms with van der Waals surface area (Å²) in [5.41, 5.74) is 5.32. The van der Waals surface area contributed by atoms with Crippen molar-refractivity contribution in [2.75, 3.05) is 6.61 Å². The molecule has 84 valence electrons. The maximum atomic E-state index is 10.5. The van der Waals surface area contributed by atoms with E-state index in [0.717, 1.165) is 10.2 Å². The molecule has 0 aromatic carbocycles. The predicted molar refractivity (Wildman–Crippen MR) is 58.5 cm³/mol. The number of nitrogens with zero attached hydrogens (tertiary/aromatic N) is 2. The molecule has 0 amide bonds. The second kappa shape index (κ2) is 4.42. The van der Waals surface area contributed by atoms with Gasteiger partial charge in [0.05, 0.1) is 5.39 Å². The maximum absolute atomic E-state index is 10.5. The molecule has 1 atom stereocenters. The Hall–Kier alpha value is -1.73. The van der Waals surface area contributed by atoms with Crippen molar-refractivity contribution in [3.63, 3.8) is 0 Å². The average molecular weight is 239 g/mol. The van der Waals surface area contributed by atoms with Crippen LogP contribution < -0.4 is 10.5 Å². The SMILES string of the molecule is NC(COc1ncnc2sccc12)C(=O)O. The van der Waals surface area contributed by atoms with Crippen LogP contribution in [-0.2, 0) is 4.79 Å². The third-order valence-corrected chi connectivity index (χ3v) is 2.76. The fraction of sp³-hybridized carbons (Fsp3) is 0.222. The summed E-state index contributed by atoms with van der Waals surface area (Å²) in [7, 11) is 0. The van der Waals surface area contributed by atoms with Gasteiger partial charge >= 0.3 is 5.97 Å². The lowest BCUT2D eigenvalue weighted by atomic mass is 10.3. The van der Waals surface area contributed by atoms with Crippen molar-refractivity contribution >= 4 is 27.5 Å². The molecule has 6 nitrogen and oxygen atoms in total. The Morgan fingerprint density at radius 2 is 2.44 bits per heavy atom. The number of rotatable bonds is 4. The van der Waals surface area contributed by atoms with Gasteiger partial charge in [-0.25, -0.2) is 9.97 Å². The molecule has 0 spiro atoms. The number of hydrogen-bond donors (Lipinski definition) is 2. The highest BCUT2D eigenvalue weighted by Gasteiger charge is 2.13. The lowest BCUT2D eigenvalue weighted by Crippen LogP contribution is -2.36. The van der Waals surface area contributed by atoms with E-state index >= 15 is 0 Å². The zero-order chi connectivity index (χ0) is 11.5. The summed E-state index contributed by atoms with van der Waals surface area (Å²) in [4.78, 5) is 19.3. The van der Waals surface area contributed by atoms with Crippen molar-refractivity contribution in [3.05, 3.63) is 17.8 Å². The van der Waals surface area contributed by atoms with Crippen LogP contribution in [0.3, 0.4) is 0 Å². The number of nitrogens with two attached hydrogens (primary N) is 1. The fourth-order valence-electron chi connectivity index (χ4n) is 1.12. The minimum absolute atomic E-state index is 0.114. The predicted octanol–water partition coefficient (Wildman–Crippen LogP) is 0.482. The molecule has 0 aliphatic rings. The highest BCUT2D eigenvalue weighted by atomic mass is 32.1. The van der Waals surface area contributed by atoms with Crippen molar-refractivity contribution in [2.45, 2.75) is 6.04 Å². The molecule has 0 fully saturated rings. The van der Waals surface area contributed by atoms with Crippen molar-refractivity contribution in [2.24, 2.45) is 5.73 Å². The Balaban J connectivity index is 2.15. The monoisotopic (exact) mass is 239 g/mol. The highest BCUT2D eigenvalue weighted by molar-refractivity contribution is 7.16. The fourth-order valence-corrected chi connectivity index (χ4v) is 1.85. The number of carbonyl (C=O) groups is 1. The second-order valence-corrected chi connectivity index (χ2v) is 3.97. The molecule has 3 N–H and O–H groups in total. The third-order valence-electron chi connectivity index (χ3n) is 1.94. The van der Waals surface area contributed by atoms with Gasteiger partial charge in [0.2, 0.25) is 5.88 Å². The Labute approximate surface area is 94.7 Å². The molecule has 7 heteroatoms. The summed E-state index contributed by atoms with van der Waals surface area (Å²) >= 11 is 1.46. The molecule has 0 bridgehead atoms. The van der Waals surface area contributed by atoms with E-state index < -0.39 is 12.0 Å². The molecule has 0 saturated carbocycles. The molecule has 2 heterocycles. The number of carboxylic acids is 1. The standard InChI is InChI=1S/C9H9N3O3S/c10-6(9(13)14)3-15-7-5-1-2-16-8(5)12-4-11-7/h1-2,4,6H,3,10H2,(H,13,14). The zero-order valence-electron chi connectivity index (χ0n) is 8.16. The summed E-state index contributed by atoms with van der Waals surface area (Å²) in [5.74, 6) is -0.737. The molecule has 0 aliphatic carbocycles. The average Bonchev–Trinajstić information content (AvgIpc) is 2.73. The molecule has 2 rings (SSSR count). The molecule has 0 radical (unpaired) electrons. The number of fused-ring (bicyclic) bond motifs is 1. The van der Waals surface area contributed by atoms with E-state index in [1.807, 2.05) is 11.4 Å². The van der Waals surface area contributed by atoms with E-state index in [1.54, 1.807) is 0 Å². The Kier molecular flexibility index (Phi) is 2.97. The number of thiophene rings is 1. The number of aliphatic carboxylic acids is 1. The summed E-state index contributed by atoms with van der Waals surface area (Å²) in [6.45, 7) is -0.114. The van der Waals surface area contributed by atoms with Gasteiger partial charge in [-0.05, 0) is 11.4 Å². The minimum Gasteiger partial charge on any atom is -0.480 e. The maximum Gasteiger partial charge on any atom is 0.324 e. The Morgan fingerprint density at radius 1 is 1.62 bits per heavy atom. The first kappa shape index (κ1) is 10.8. The van der Waals surface area contributed by atoms with E-state index in [4.69, 9.17) is 15.6 Å². The first-order valence-corrected chi connectivity index (χ1v) is 5.36. The van der Waals surface area contributed by atoms with Crippen LogP contribution in [0.25, 0.3) is 10.2 Å². The normalized spacial score (nSPS) is 12.6. The van der Waals surface area contributed by atoms with Crippen LogP contribution in [0.1, 0.15) is 0 Å². The van der Waals surface area contributed by atoms with Gasteiger partial charge in [0, 0.05) is 0 Å². The number of aromatic nitrogens is 2. The van der Waals surface area contributed by atoms with E-state index in [9.17, 15) is 4.79 Å². The lowest BCUT2D eigenvalue weighted by molar-refractivity contribution is -0.139. The third kappa shape index (κ3) is 2.10. The van der Waals surface area contributed by atoms with E-state index in [2.05, 4.69) is 9.97 Å². The summed E-state index contributed by atoms with van der Waals surface area (Å²) in [6, 6.07) is 0.769. The smallest absolute Gasteiger partial charge is 0.324 e. The van der Waals surface area contributed by atoms with Gasteiger partial charge in [-0.15, -0.1) is 11.3 Å². The molecular formula is C9H9N3O3S. The Morgan fingerprint density at radius 3 is 3.19 bits per heavy atom. The molecule has 2 aromatic heterocycles. The summed E-state index contributed by atoms with van der Waals surface area (Å²) in [6.07, 6.45) is 1.38. The van der Waals surface area contributed by atoms with Gasteiger partial charge in [0.1, 0.15) is 23.8 Å². The van der Waals surface area contributed by atoms with Gasteiger partial charge in [0.25, 0.3) is 0 Å². The van der Waals surface area contributed by atoms with Crippen LogP contribution in [0.4, 0.5) is 0 Å². The highest BCUT2D eigenvalue weighted by Crippen LogP contribution is 2.25. The van der Waals surface area contributed by atoms with E-state index in [0.29, 0.717) is 5.88 Å². The molecule has 2 aromatic rings. The van der Waals surface area contributed by atoms with Crippen LogP contribution in [0.5, 0.6) is 5.88 Å². The summed E-state index contributed by atoms with van der Waals surface area (Å²) in [5, 5.41) is 11.2. The Bertz CT molecular complexity index is 513. The first-order chi connectivity index (χ1) is 7.68. The number of hydrogen-bond acceptors (Lipinski definition) is 6. The van der Waals surface area contributed by atoms with Crippen LogP contribution in [0.15, 0.2) is 17.8 Å². The zero-order valence-corrected chi connectivity index (χ0v) is 8.98. The lowest BCUT2D eigenvalue weighted by Gasteiger charge is -2.08. The van der Waals surface area contributed by atoms with Gasteiger partial charge in [-0.1, -0.05) is 0 Å². The molecule has 0 aliphatic heterocycles. The quantitative estimate of drug-likeness (QED) is 0.805. The van der Waals surface area contributed by atoms with Crippen LogP contribution >= 0.6 is 11.3 Å². The molecule has 0 saturated heterocycles. The van der Waals surface area contributed by atoms with E-state index in [-0.39, 0.29) is 6.61 Å². The van der Waals surface area contributed by atoms with Crippen LogP contribution in [-0.4, -0.2) is 33.7 Å². The second-order valence-electron chi connectivity index (χ2n) is 3.07. The van der Waals surface area contributed by atoms with Gasteiger partial charge in [0.15, 0.2) is 0 Å². The van der Waals surface area contributed by atoms with Gasteiger partial charge < -0.3 is 15.6 Å². The molecule has 1 unspecified atom stereocenters. The first-order valence-electron chi connectivity index (χ1n) is 4.48. The van der Waals surface area contributed by atoms with Crippen LogP contribution in [0.2, 0.25) is 0 Å². The van der Waals surface area contributed by atoms with Crippen molar-refractivity contribution in [1.82, 2.24) is 9.97 Å². The van der Waals surface area contributed by atoms with E-state index in [1.165, 1.54) is 17.7 Å². The van der Waals surface area contributed by atoms with Crippen molar-refractivity contribution in [3.8, 4) is 5.88 Å². The number of carboxylic acid groups (broad SMARTS) is 1. The van der Waals surface area contributed by atoms with Gasteiger partial charge in [-0.2, -0.15) is 0 Å². The minimum atomic E-state index is -1.10. The topological polar surface area (TPSA) is 98.3 Å². The molecular weight excluding hydrogens is 230 g/mol.